The number of hydrogen-bond acceptors (Lipinski definition) is 3. The van der Waals surface area contributed by atoms with E-state index in [0.717, 1.165) is 11.3 Å². The molecule has 1 aliphatic heterocycles. The van der Waals surface area contributed by atoms with Crippen LogP contribution in [-0.2, 0) is 16.1 Å². The van der Waals surface area contributed by atoms with Crippen molar-refractivity contribution < 1.29 is 9.59 Å². The first-order chi connectivity index (χ1) is 14.4. The molecule has 1 unspecified atom stereocenters. The Hall–Kier alpha value is -3.61. The summed E-state index contributed by atoms with van der Waals surface area (Å²) in [6, 6.07) is 15.2. The van der Waals surface area contributed by atoms with Gasteiger partial charge in [-0.25, -0.2) is 4.79 Å². The third-order valence-electron chi connectivity index (χ3n) is 5.41. The van der Waals surface area contributed by atoms with E-state index in [9.17, 15) is 14.4 Å². The van der Waals surface area contributed by atoms with E-state index in [2.05, 4.69) is 10.3 Å². The summed E-state index contributed by atoms with van der Waals surface area (Å²) in [4.78, 5) is 41.6. The van der Waals surface area contributed by atoms with Crippen molar-refractivity contribution in [2.75, 3.05) is 11.9 Å². The number of carbonyl (C=O) groups is 2. The van der Waals surface area contributed by atoms with E-state index < -0.39 is 5.92 Å². The lowest BCUT2D eigenvalue weighted by molar-refractivity contribution is -0.128. The van der Waals surface area contributed by atoms with Crippen molar-refractivity contribution in [3.8, 4) is 5.69 Å². The zero-order valence-corrected chi connectivity index (χ0v) is 17.0. The molecule has 4 rings (SSSR count). The largest absolute Gasteiger partial charge is 0.338 e. The molecule has 0 aliphatic carbocycles. The summed E-state index contributed by atoms with van der Waals surface area (Å²) in [6.07, 6.45) is 1.84. The van der Waals surface area contributed by atoms with Crippen LogP contribution in [-0.4, -0.2) is 32.8 Å². The molecule has 7 heteroatoms. The summed E-state index contributed by atoms with van der Waals surface area (Å²) in [7, 11) is 0. The maximum Gasteiger partial charge on any atom is 0.330 e. The fourth-order valence-corrected chi connectivity index (χ4v) is 3.76. The Kier molecular flexibility index (Phi) is 5.27. The van der Waals surface area contributed by atoms with Crippen molar-refractivity contribution in [3.05, 3.63) is 82.0 Å². The minimum atomic E-state index is -0.400. The van der Waals surface area contributed by atoms with Crippen LogP contribution in [0, 0.1) is 19.8 Å². The van der Waals surface area contributed by atoms with Crippen LogP contribution in [0.1, 0.15) is 23.2 Å². The molecule has 7 nitrogen and oxygen atoms in total. The molecule has 1 atom stereocenters. The predicted octanol–water partition coefficient (Wildman–Crippen LogP) is 2.77. The van der Waals surface area contributed by atoms with Crippen molar-refractivity contribution in [1.82, 2.24) is 14.5 Å². The predicted molar refractivity (Wildman–Crippen MR) is 114 cm³/mol. The van der Waals surface area contributed by atoms with Crippen LogP contribution < -0.4 is 11.0 Å². The fourth-order valence-electron chi connectivity index (χ4n) is 3.76. The maximum absolute atomic E-state index is 12.8. The number of benzene rings is 2. The first-order valence-corrected chi connectivity index (χ1v) is 9.92. The van der Waals surface area contributed by atoms with Gasteiger partial charge in [0.25, 0.3) is 0 Å². The van der Waals surface area contributed by atoms with Gasteiger partial charge in [-0.05, 0) is 37.6 Å². The van der Waals surface area contributed by atoms with Gasteiger partial charge in [-0.3, -0.25) is 14.2 Å². The molecule has 2 aromatic carbocycles. The van der Waals surface area contributed by atoms with Crippen molar-refractivity contribution >= 4 is 17.5 Å². The summed E-state index contributed by atoms with van der Waals surface area (Å²) in [6.45, 7) is 4.76. The second kappa shape index (κ2) is 8.02. The first-order valence-electron chi connectivity index (χ1n) is 9.92. The fraction of sp³-hybridized carbons (Fsp3) is 0.261. The number of amides is 2. The molecule has 1 saturated heterocycles. The zero-order chi connectivity index (χ0) is 21.3. The highest BCUT2D eigenvalue weighted by atomic mass is 16.2. The Bertz CT molecular complexity index is 1140. The number of likely N-dealkylation sites (tertiary alicyclic amines) is 1. The lowest BCUT2D eigenvalue weighted by Crippen LogP contribution is -2.28. The third kappa shape index (κ3) is 4.05. The van der Waals surface area contributed by atoms with Gasteiger partial charge in [0.1, 0.15) is 0 Å². The van der Waals surface area contributed by atoms with Crippen LogP contribution in [0.2, 0.25) is 0 Å². The number of aromatic nitrogens is 2. The van der Waals surface area contributed by atoms with Crippen LogP contribution in [0.4, 0.5) is 5.69 Å². The topological polar surface area (TPSA) is 87.2 Å². The van der Waals surface area contributed by atoms with E-state index in [1.807, 2.05) is 38.1 Å². The number of anilines is 1. The summed E-state index contributed by atoms with van der Waals surface area (Å²) in [5.41, 5.74) is 4.02. The molecule has 2 heterocycles. The van der Waals surface area contributed by atoms with Crippen LogP contribution in [0.5, 0.6) is 0 Å². The van der Waals surface area contributed by atoms with E-state index in [0.29, 0.717) is 24.5 Å². The lowest BCUT2D eigenvalue weighted by Gasteiger charge is -2.17. The number of aromatic amines is 1. The molecular formula is C23H24N4O3. The smallest absolute Gasteiger partial charge is 0.330 e. The third-order valence-corrected chi connectivity index (χ3v) is 5.41. The molecule has 154 valence electrons. The highest BCUT2D eigenvalue weighted by Gasteiger charge is 2.34. The number of hydrogen-bond donors (Lipinski definition) is 2. The molecule has 0 spiro atoms. The molecule has 1 aliphatic rings. The zero-order valence-electron chi connectivity index (χ0n) is 17.0. The van der Waals surface area contributed by atoms with Gasteiger partial charge >= 0.3 is 5.69 Å². The Morgan fingerprint density at radius 3 is 2.60 bits per heavy atom. The normalized spacial score (nSPS) is 16.1. The Morgan fingerprint density at radius 2 is 1.90 bits per heavy atom. The summed E-state index contributed by atoms with van der Waals surface area (Å²) in [5, 5.41) is 2.89. The van der Waals surface area contributed by atoms with Crippen LogP contribution in [0.15, 0.2) is 59.5 Å². The minimum Gasteiger partial charge on any atom is -0.338 e. The maximum atomic E-state index is 12.8. The number of imidazole rings is 1. The quantitative estimate of drug-likeness (QED) is 0.686. The number of H-pyrrole nitrogens is 1. The standard InChI is InChI=1S/C23H24N4O3/c1-15-6-8-17(9-7-15)13-26-14-18(10-21(26)28)22(29)25-19-4-3-5-20(11-19)27-16(2)12-24-23(27)30/h3-9,11-12,18H,10,13-14H2,1-2H3,(H,24,30)(H,25,29). The Balaban J connectivity index is 1.43. The van der Waals surface area contributed by atoms with Crippen molar-refractivity contribution in [3.63, 3.8) is 0 Å². The minimum absolute atomic E-state index is 0.0148. The average Bonchev–Trinajstić information content (AvgIpc) is 3.25. The first kappa shape index (κ1) is 19.7. The van der Waals surface area contributed by atoms with E-state index in [4.69, 9.17) is 0 Å². The highest BCUT2D eigenvalue weighted by Crippen LogP contribution is 2.23. The average molecular weight is 404 g/mol. The van der Waals surface area contributed by atoms with E-state index >= 15 is 0 Å². The summed E-state index contributed by atoms with van der Waals surface area (Å²) < 4.78 is 1.54. The molecular weight excluding hydrogens is 380 g/mol. The van der Waals surface area contributed by atoms with Gasteiger partial charge in [0.15, 0.2) is 0 Å². The Labute approximate surface area is 174 Å². The molecule has 0 bridgehead atoms. The summed E-state index contributed by atoms with van der Waals surface area (Å²) >= 11 is 0. The van der Waals surface area contributed by atoms with E-state index in [-0.39, 0.29) is 23.9 Å². The molecule has 30 heavy (non-hydrogen) atoms. The van der Waals surface area contributed by atoms with Crippen molar-refractivity contribution in [2.24, 2.45) is 5.92 Å². The molecule has 0 saturated carbocycles. The molecule has 0 radical (unpaired) electrons. The van der Waals surface area contributed by atoms with Gasteiger partial charge in [0, 0.05) is 37.1 Å². The highest BCUT2D eigenvalue weighted by molar-refractivity contribution is 5.97. The number of rotatable bonds is 5. The molecule has 3 aromatic rings. The second-order valence-electron chi connectivity index (χ2n) is 7.77. The van der Waals surface area contributed by atoms with Gasteiger partial charge in [-0.15, -0.1) is 0 Å². The van der Waals surface area contributed by atoms with Gasteiger partial charge in [-0.2, -0.15) is 0 Å². The van der Waals surface area contributed by atoms with Crippen LogP contribution >= 0.6 is 0 Å². The van der Waals surface area contributed by atoms with Gasteiger partial charge in [0.2, 0.25) is 11.8 Å². The number of nitrogens with one attached hydrogen (secondary N) is 2. The number of carbonyl (C=O) groups excluding carboxylic acids is 2. The van der Waals surface area contributed by atoms with E-state index in [1.54, 1.807) is 35.4 Å². The van der Waals surface area contributed by atoms with E-state index in [1.165, 1.54) is 10.1 Å². The van der Waals surface area contributed by atoms with Crippen LogP contribution in [0.3, 0.4) is 0 Å². The molecule has 1 fully saturated rings. The lowest BCUT2D eigenvalue weighted by atomic mass is 10.1. The Morgan fingerprint density at radius 1 is 1.13 bits per heavy atom. The number of nitrogens with zero attached hydrogens (tertiary/aromatic N) is 2. The second-order valence-corrected chi connectivity index (χ2v) is 7.77. The van der Waals surface area contributed by atoms with Gasteiger partial charge in [0.05, 0.1) is 11.6 Å². The van der Waals surface area contributed by atoms with Crippen molar-refractivity contribution in [1.29, 1.82) is 0 Å². The monoisotopic (exact) mass is 404 g/mol. The van der Waals surface area contributed by atoms with Gasteiger partial charge < -0.3 is 15.2 Å². The van der Waals surface area contributed by atoms with Gasteiger partial charge in [-0.1, -0.05) is 35.9 Å². The van der Waals surface area contributed by atoms with Crippen LogP contribution in [0.25, 0.3) is 5.69 Å². The number of aryl methyl sites for hydroxylation is 2. The molecule has 2 amide bonds. The SMILES string of the molecule is Cc1ccc(CN2CC(C(=O)Nc3cccc(-n4c(C)c[nH]c4=O)c3)CC2=O)cc1. The van der Waals surface area contributed by atoms with Crippen molar-refractivity contribution in [2.45, 2.75) is 26.8 Å². The summed E-state index contributed by atoms with van der Waals surface area (Å²) in [5.74, 6) is -0.604. The molecule has 1 aromatic heterocycles. The molecule has 2 N–H and O–H groups in total.